The van der Waals surface area contributed by atoms with Gasteiger partial charge in [0.1, 0.15) is 11.8 Å². The Kier molecular flexibility index (Phi) is 2.49. The molecule has 4 heterocycles. The second kappa shape index (κ2) is 4.38. The van der Waals surface area contributed by atoms with Crippen LogP contribution < -0.4 is 11.0 Å². The Bertz CT molecular complexity index is 1060. The highest BCUT2D eigenvalue weighted by molar-refractivity contribution is 5.72. The van der Waals surface area contributed by atoms with E-state index in [0.717, 1.165) is 16.9 Å². The molecule has 2 N–H and O–H groups in total. The van der Waals surface area contributed by atoms with Gasteiger partial charge in [-0.2, -0.15) is 10.1 Å². The first-order chi connectivity index (χ1) is 10.6. The van der Waals surface area contributed by atoms with Gasteiger partial charge in [-0.05, 0) is 18.6 Å². The highest BCUT2D eigenvalue weighted by atomic mass is 16.1. The first-order valence-corrected chi connectivity index (χ1v) is 6.60. The van der Waals surface area contributed by atoms with Gasteiger partial charge in [0.25, 0.3) is 0 Å². The lowest BCUT2D eigenvalue weighted by Crippen LogP contribution is -2.11. The standard InChI is InChI=1S/C13H12N8O/c1-7-3-10-15-6-16-21(10)5-8(7)17-12-14-4-9-11(18-12)19-13(22)20(9)2/h3-6H,1-2H3,(H2,14,17,18,19,22). The highest BCUT2D eigenvalue weighted by Crippen LogP contribution is 2.19. The predicted molar refractivity (Wildman–Crippen MR) is 80.1 cm³/mol. The van der Waals surface area contributed by atoms with E-state index in [1.807, 2.05) is 19.2 Å². The predicted octanol–water partition coefficient (Wildman–Crippen LogP) is 0.751. The third kappa shape index (κ3) is 1.83. The zero-order valence-corrected chi connectivity index (χ0v) is 11.9. The maximum atomic E-state index is 11.6. The van der Waals surface area contributed by atoms with Crippen LogP contribution in [-0.4, -0.2) is 34.1 Å². The number of hydrogen-bond acceptors (Lipinski definition) is 6. The van der Waals surface area contributed by atoms with Crippen molar-refractivity contribution in [2.45, 2.75) is 6.92 Å². The fourth-order valence-electron chi connectivity index (χ4n) is 2.28. The average Bonchev–Trinajstić information content (AvgIpc) is 3.04. The van der Waals surface area contributed by atoms with Crippen molar-refractivity contribution in [1.29, 1.82) is 0 Å². The SMILES string of the molecule is Cc1cc2ncnn2cc1Nc1ncc2c(n1)[nH]c(=O)n2C. The summed E-state index contributed by atoms with van der Waals surface area (Å²) in [4.78, 5) is 26.9. The number of aryl methyl sites for hydroxylation is 2. The van der Waals surface area contributed by atoms with Gasteiger partial charge < -0.3 is 5.32 Å². The summed E-state index contributed by atoms with van der Waals surface area (Å²) in [5.74, 6) is 0.400. The first-order valence-electron chi connectivity index (χ1n) is 6.60. The Morgan fingerprint density at radius 3 is 3.05 bits per heavy atom. The minimum Gasteiger partial charge on any atom is -0.323 e. The molecule has 9 nitrogen and oxygen atoms in total. The normalized spacial score (nSPS) is 11.4. The number of H-pyrrole nitrogens is 1. The maximum Gasteiger partial charge on any atom is 0.327 e. The molecule has 4 aromatic rings. The summed E-state index contributed by atoms with van der Waals surface area (Å²) in [5.41, 5.74) is 3.50. The van der Waals surface area contributed by atoms with Crippen LogP contribution in [0.5, 0.6) is 0 Å². The number of rotatable bonds is 2. The van der Waals surface area contributed by atoms with Crippen LogP contribution >= 0.6 is 0 Å². The molecule has 0 atom stereocenters. The minimum atomic E-state index is -0.221. The van der Waals surface area contributed by atoms with E-state index in [4.69, 9.17) is 0 Å². The van der Waals surface area contributed by atoms with Crippen LogP contribution in [0.3, 0.4) is 0 Å². The Hall–Kier alpha value is -3.23. The molecule has 0 amide bonds. The van der Waals surface area contributed by atoms with Crippen LogP contribution in [0.2, 0.25) is 0 Å². The lowest BCUT2D eigenvalue weighted by atomic mass is 10.2. The molecule has 0 aliphatic rings. The van der Waals surface area contributed by atoms with Gasteiger partial charge in [0.05, 0.1) is 18.1 Å². The van der Waals surface area contributed by atoms with Crippen molar-refractivity contribution < 1.29 is 0 Å². The number of aromatic nitrogens is 7. The summed E-state index contributed by atoms with van der Waals surface area (Å²) in [7, 11) is 1.67. The van der Waals surface area contributed by atoms with E-state index in [1.165, 1.54) is 10.9 Å². The third-order valence-electron chi connectivity index (χ3n) is 3.53. The summed E-state index contributed by atoms with van der Waals surface area (Å²) in [6, 6.07) is 1.91. The molecule has 22 heavy (non-hydrogen) atoms. The van der Waals surface area contributed by atoms with Crippen LogP contribution in [0.15, 0.2) is 29.6 Å². The van der Waals surface area contributed by atoms with E-state index < -0.39 is 0 Å². The Labute approximate surface area is 123 Å². The lowest BCUT2D eigenvalue weighted by Gasteiger charge is -2.08. The summed E-state index contributed by atoms with van der Waals surface area (Å²) in [5, 5.41) is 7.23. The van der Waals surface area contributed by atoms with E-state index in [0.29, 0.717) is 17.1 Å². The molecule has 4 rings (SSSR count). The largest absolute Gasteiger partial charge is 0.327 e. The van der Waals surface area contributed by atoms with Crippen molar-refractivity contribution in [2.24, 2.45) is 7.05 Å². The fourth-order valence-corrected chi connectivity index (χ4v) is 2.28. The number of fused-ring (bicyclic) bond motifs is 2. The van der Waals surface area contributed by atoms with Crippen molar-refractivity contribution in [1.82, 2.24) is 34.1 Å². The number of aromatic amines is 1. The molecule has 0 unspecified atom stereocenters. The molecule has 0 saturated heterocycles. The van der Waals surface area contributed by atoms with Crippen LogP contribution in [0.1, 0.15) is 5.56 Å². The van der Waals surface area contributed by atoms with Crippen LogP contribution in [0.4, 0.5) is 11.6 Å². The molecular weight excluding hydrogens is 284 g/mol. The van der Waals surface area contributed by atoms with E-state index in [9.17, 15) is 4.79 Å². The van der Waals surface area contributed by atoms with Crippen LogP contribution in [-0.2, 0) is 7.05 Å². The van der Waals surface area contributed by atoms with Gasteiger partial charge in [0, 0.05) is 7.05 Å². The van der Waals surface area contributed by atoms with Crippen molar-refractivity contribution in [3.05, 3.63) is 40.8 Å². The van der Waals surface area contributed by atoms with Crippen molar-refractivity contribution >= 4 is 28.4 Å². The summed E-state index contributed by atoms with van der Waals surface area (Å²) in [6.45, 7) is 1.96. The third-order valence-corrected chi connectivity index (χ3v) is 3.53. The molecule has 0 saturated carbocycles. The molecule has 0 aromatic carbocycles. The molecule has 0 radical (unpaired) electrons. The second-order valence-electron chi connectivity index (χ2n) is 4.97. The van der Waals surface area contributed by atoms with Crippen molar-refractivity contribution in [2.75, 3.05) is 5.32 Å². The van der Waals surface area contributed by atoms with Gasteiger partial charge in [-0.1, -0.05) is 0 Å². The zero-order chi connectivity index (χ0) is 15.3. The maximum absolute atomic E-state index is 11.6. The number of hydrogen-bond donors (Lipinski definition) is 2. The average molecular weight is 296 g/mol. The smallest absolute Gasteiger partial charge is 0.323 e. The number of anilines is 2. The molecule has 4 aromatic heterocycles. The molecular formula is C13H12N8O. The lowest BCUT2D eigenvalue weighted by molar-refractivity contribution is 0.890. The number of nitrogens with zero attached hydrogens (tertiary/aromatic N) is 6. The summed E-state index contributed by atoms with van der Waals surface area (Å²) in [6.07, 6.45) is 4.92. The van der Waals surface area contributed by atoms with Gasteiger partial charge >= 0.3 is 5.69 Å². The number of nitrogens with one attached hydrogen (secondary N) is 2. The second-order valence-corrected chi connectivity index (χ2v) is 4.97. The Morgan fingerprint density at radius 1 is 1.32 bits per heavy atom. The highest BCUT2D eigenvalue weighted by Gasteiger charge is 2.09. The zero-order valence-electron chi connectivity index (χ0n) is 11.9. The molecule has 0 fully saturated rings. The molecule has 0 aliphatic carbocycles. The van der Waals surface area contributed by atoms with E-state index in [1.54, 1.807) is 17.8 Å². The van der Waals surface area contributed by atoms with Gasteiger partial charge in [-0.15, -0.1) is 0 Å². The van der Waals surface area contributed by atoms with Crippen molar-refractivity contribution in [3.8, 4) is 0 Å². The molecule has 0 bridgehead atoms. The Balaban J connectivity index is 1.78. The topological polar surface area (TPSA) is 106 Å². The van der Waals surface area contributed by atoms with Gasteiger partial charge in [0.15, 0.2) is 11.3 Å². The van der Waals surface area contributed by atoms with E-state index in [-0.39, 0.29) is 5.69 Å². The number of imidazole rings is 1. The molecule has 0 spiro atoms. The molecule has 110 valence electrons. The monoisotopic (exact) mass is 296 g/mol. The molecule has 0 aliphatic heterocycles. The van der Waals surface area contributed by atoms with E-state index >= 15 is 0 Å². The van der Waals surface area contributed by atoms with Crippen LogP contribution in [0, 0.1) is 6.92 Å². The molecule has 9 heteroatoms. The summed E-state index contributed by atoms with van der Waals surface area (Å²) >= 11 is 0. The quantitative estimate of drug-likeness (QED) is 0.565. The Morgan fingerprint density at radius 2 is 2.18 bits per heavy atom. The first kappa shape index (κ1) is 12.5. The summed E-state index contributed by atoms with van der Waals surface area (Å²) < 4.78 is 3.13. The van der Waals surface area contributed by atoms with Gasteiger partial charge in [-0.25, -0.2) is 19.3 Å². The number of pyridine rings is 1. The van der Waals surface area contributed by atoms with E-state index in [2.05, 4.69) is 30.4 Å². The fraction of sp³-hybridized carbons (Fsp3) is 0.154. The van der Waals surface area contributed by atoms with Gasteiger partial charge in [0.2, 0.25) is 5.95 Å². The van der Waals surface area contributed by atoms with Gasteiger partial charge in [-0.3, -0.25) is 9.55 Å². The van der Waals surface area contributed by atoms with Crippen molar-refractivity contribution in [3.63, 3.8) is 0 Å². The minimum absolute atomic E-state index is 0.221. The van der Waals surface area contributed by atoms with Crippen LogP contribution in [0.25, 0.3) is 16.8 Å².